The number of fused-ring (bicyclic) bond motifs is 1. The molecule has 0 aromatic carbocycles. The number of aliphatic hydroxyl groups excluding tert-OH is 6. The van der Waals surface area contributed by atoms with Crippen molar-refractivity contribution >= 4 is 0 Å². The van der Waals surface area contributed by atoms with Crippen LogP contribution in [-0.4, -0.2) is 87.0 Å². The van der Waals surface area contributed by atoms with Crippen LogP contribution in [0, 0.1) is 11.8 Å². The first-order valence-corrected chi connectivity index (χ1v) is 7.75. The topological polar surface area (TPSA) is 149 Å². The Labute approximate surface area is 138 Å². The molecular formula is C15H22O9. The lowest BCUT2D eigenvalue weighted by molar-refractivity contribution is -0.339. The molecule has 2 heterocycles. The number of ether oxygens (including phenoxy) is 3. The average Bonchev–Trinajstić information content (AvgIpc) is 2.92. The van der Waals surface area contributed by atoms with E-state index in [4.69, 9.17) is 14.2 Å². The first kappa shape index (κ1) is 17.8. The molecule has 24 heavy (non-hydrogen) atoms. The Morgan fingerprint density at radius 1 is 1.00 bits per heavy atom. The van der Waals surface area contributed by atoms with Crippen molar-refractivity contribution in [1.29, 1.82) is 0 Å². The van der Waals surface area contributed by atoms with E-state index in [1.54, 1.807) is 6.08 Å². The summed E-state index contributed by atoms with van der Waals surface area (Å²) in [6.07, 6.45) is -4.27. The first-order chi connectivity index (χ1) is 11.5. The molecule has 9 atom stereocenters. The fourth-order valence-corrected chi connectivity index (χ4v) is 3.38. The number of hydrogen-bond acceptors (Lipinski definition) is 9. The highest BCUT2D eigenvalue weighted by Crippen LogP contribution is 2.40. The molecule has 2 aliphatic heterocycles. The molecule has 0 bridgehead atoms. The fourth-order valence-electron chi connectivity index (χ4n) is 3.38. The number of aliphatic hydroxyl groups is 6. The van der Waals surface area contributed by atoms with Crippen molar-refractivity contribution in [1.82, 2.24) is 0 Å². The van der Waals surface area contributed by atoms with E-state index in [-0.39, 0.29) is 12.5 Å². The Morgan fingerprint density at radius 2 is 1.75 bits per heavy atom. The standard InChI is InChI=1S/C15H22O9/c16-4-6-3-8(18)7-1-2-22-14(10(6)7)24-15-13(21)12(20)11(19)9(5-17)23-15/h1-3,7-21H,4-5H2/t7-,8-,9-,10+,11+,12+,13+,14-,15+/m0/s1. The van der Waals surface area contributed by atoms with Crippen LogP contribution in [0.2, 0.25) is 0 Å². The van der Waals surface area contributed by atoms with Gasteiger partial charge in [-0.2, -0.15) is 0 Å². The Balaban J connectivity index is 1.75. The summed E-state index contributed by atoms with van der Waals surface area (Å²) in [5.74, 6) is -0.835. The van der Waals surface area contributed by atoms with Crippen LogP contribution in [0.15, 0.2) is 24.0 Å². The van der Waals surface area contributed by atoms with Gasteiger partial charge in [0, 0.05) is 5.92 Å². The van der Waals surface area contributed by atoms with Crippen LogP contribution in [0.4, 0.5) is 0 Å². The summed E-state index contributed by atoms with van der Waals surface area (Å²) in [6.45, 7) is -0.854. The third kappa shape index (κ3) is 2.98. The molecule has 0 spiro atoms. The van der Waals surface area contributed by atoms with Crippen LogP contribution in [0.1, 0.15) is 0 Å². The molecule has 0 unspecified atom stereocenters. The highest BCUT2D eigenvalue weighted by atomic mass is 16.8. The maximum Gasteiger partial charge on any atom is 0.209 e. The second-order valence-electron chi connectivity index (χ2n) is 6.16. The summed E-state index contributed by atoms with van der Waals surface area (Å²) in [5, 5.41) is 58.3. The molecular weight excluding hydrogens is 324 g/mol. The van der Waals surface area contributed by atoms with Crippen LogP contribution >= 0.6 is 0 Å². The van der Waals surface area contributed by atoms with Crippen LogP contribution in [-0.2, 0) is 14.2 Å². The van der Waals surface area contributed by atoms with E-state index in [1.807, 2.05) is 0 Å². The van der Waals surface area contributed by atoms with Crippen molar-refractivity contribution in [2.45, 2.75) is 43.1 Å². The van der Waals surface area contributed by atoms with Gasteiger partial charge in [-0.05, 0) is 11.6 Å². The van der Waals surface area contributed by atoms with Gasteiger partial charge in [0.25, 0.3) is 0 Å². The summed E-state index contributed by atoms with van der Waals surface area (Å²) in [7, 11) is 0. The SMILES string of the molecule is OCC1=C[C@H](O)[C@@H]2C=CO[C@@H](O[C@H]3O[C@@H](CO)[C@@H](O)[C@@H](O)[C@H]3O)[C@H]12. The van der Waals surface area contributed by atoms with Gasteiger partial charge in [0.05, 0.1) is 31.5 Å². The molecule has 9 heteroatoms. The van der Waals surface area contributed by atoms with Crippen molar-refractivity contribution in [3.8, 4) is 0 Å². The van der Waals surface area contributed by atoms with Crippen molar-refractivity contribution in [3.05, 3.63) is 24.0 Å². The summed E-state index contributed by atoms with van der Waals surface area (Å²) in [5.41, 5.74) is 0.534. The van der Waals surface area contributed by atoms with Crippen LogP contribution < -0.4 is 0 Å². The third-order valence-electron chi connectivity index (χ3n) is 4.73. The molecule has 9 nitrogen and oxygen atoms in total. The smallest absolute Gasteiger partial charge is 0.209 e. The molecule has 3 aliphatic rings. The maximum atomic E-state index is 10.0. The van der Waals surface area contributed by atoms with Gasteiger partial charge < -0.3 is 44.8 Å². The lowest BCUT2D eigenvalue weighted by atomic mass is 9.88. The van der Waals surface area contributed by atoms with Gasteiger partial charge in [0.1, 0.15) is 24.4 Å². The molecule has 0 amide bonds. The highest BCUT2D eigenvalue weighted by molar-refractivity contribution is 5.25. The molecule has 0 radical (unpaired) electrons. The molecule has 0 saturated carbocycles. The average molecular weight is 346 g/mol. The monoisotopic (exact) mass is 346 g/mol. The van der Waals surface area contributed by atoms with E-state index in [0.717, 1.165) is 0 Å². The van der Waals surface area contributed by atoms with E-state index in [9.17, 15) is 30.6 Å². The zero-order valence-corrected chi connectivity index (χ0v) is 12.8. The molecule has 0 aromatic rings. The van der Waals surface area contributed by atoms with Gasteiger partial charge in [-0.25, -0.2) is 0 Å². The predicted molar refractivity (Wildman–Crippen MR) is 77.0 cm³/mol. The van der Waals surface area contributed by atoms with Gasteiger partial charge in [-0.1, -0.05) is 6.08 Å². The second-order valence-corrected chi connectivity index (χ2v) is 6.16. The van der Waals surface area contributed by atoms with Gasteiger partial charge in [-0.15, -0.1) is 0 Å². The van der Waals surface area contributed by atoms with E-state index in [1.165, 1.54) is 12.3 Å². The summed E-state index contributed by atoms with van der Waals surface area (Å²) < 4.78 is 16.3. The largest absolute Gasteiger partial charge is 0.472 e. The minimum atomic E-state index is -1.56. The molecule has 6 N–H and O–H groups in total. The number of rotatable bonds is 4. The van der Waals surface area contributed by atoms with Crippen molar-refractivity contribution in [3.63, 3.8) is 0 Å². The van der Waals surface area contributed by atoms with Crippen molar-refractivity contribution < 1.29 is 44.8 Å². The van der Waals surface area contributed by atoms with E-state index >= 15 is 0 Å². The molecule has 3 rings (SSSR count). The highest BCUT2D eigenvalue weighted by Gasteiger charge is 2.49. The zero-order chi connectivity index (χ0) is 17.4. The van der Waals surface area contributed by atoms with Gasteiger partial charge in [0.2, 0.25) is 6.29 Å². The summed E-state index contributed by atoms with van der Waals surface area (Å²) >= 11 is 0. The Morgan fingerprint density at radius 3 is 2.42 bits per heavy atom. The summed E-state index contributed by atoms with van der Waals surface area (Å²) in [4.78, 5) is 0. The van der Waals surface area contributed by atoms with E-state index in [2.05, 4.69) is 0 Å². The van der Waals surface area contributed by atoms with Crippen LogP contribution in [0.3, 0.4) is 0 Å². The lowest BCUT2D eigenvalue weighted by Gasteiger charge is -2.42. The Hall–Kier alpha value is -1.04. The van der Waals surface area contributed by atoms with Gasteiger partial charge in [0.15, 0.2) is 6.29 Å². The fraction of sp³-hybridized carbons (Fsp3) is 0.733. The van der Waals surface area contributed by atoms with Crippen LogP contribution in [0.25, 0.3) is 0 Å². The van der Waals surface area contributed by atoms with Crippen molar-refractivity contribution in [2.75, 3.05) is 13.2 Å². The van der Waals surface area contributed by atoms with Crippen molar-refractivity contribution in [2.24, 2.45) is 11.8 Å². The first-order valence-electron chi connectivity index (χ1n) is 7.75. The second kappa shape index (κ2) is 7.06. The van der Waals surface area contributed by atoms with Gasteiger partial charge in [-0.3, -0.25) is 0 Å². The van der Waals surface area contributed by atoms with E-state index < -0.39 is 55.6 Å². The molecule has 1 saturated heterocycles. The maximum absolute atomic E-state index is 10.0. The molecule has 0 aromatic heterocycles. The minimum absolute atomic E-state index is 0.288. The predicted octanol–water partition coefficient (Wildman–Crippen LogP) is -2.80. The molecule has 1 fully saturated rings. The van der Waals surface area contributed by atoms with E-state index in [0.29, 0.717) is 5.57 Å². The van der Waals surface area contributed by atoms with Gasteiger partial charge >= 0.3 is 0 Å². The summed E-state index contributed by atoms with van der Waals surface area (Å²) in [6, 6.07) is 0. The Bertz CT molecular complexity index is 505. The molecule has 136 valence electrons. The minimum Gasteiger partial charge on any atom is -0.472 e. The zero-order valence-electron chi connectivity index (χ0n) is 12.8. The normalized spacial score (nSPS) is 47.9. The third-order valence-corrected chi connectivity index (χ3v) is 4.73. The Kier molecular flexibility index (Phi) is 5.23. The number of hydrogen-bond donors (Lipinski definition) is 6. The molecule has 1 aliphatic carbocycles. The lowest BCUT2D eigenvalue weighted by Crippen LogP contribution is -2.60. The van der Waals surface area contributed by atoms with Crippen LogP contribution in [0.5, 0.6) is 0 Å². The quantitative estimate of drug-likeness (QED) is 0.297.